The maximum atomic E-state index is 6.03. The van der Waals surface area contributed by atoms with Gasteiger partial charge in [0, 0.05) is 37.4 Å². The fourth-order valence-corrected chi connectivity index (χ4v) is 2.91. The van der Waals surface area contributed by atoms with Crippen LogP contribution >= 0.6 is 0 Å². The van der Waals surface area contributed by atoms with Crippen molar-refractivity contribution in [2.45, 2.75) is 12.8 Å². The summed E-state index contributed by atoms with van der Waals surface area (Å²) in [4.78, 5) is 9.32. The summed E-state index contributed by atoms with van der Waals surface area (Å²) in [7, 11) is 2.13. The first-order chi connectivity index (χ1) is 9.75. The van der Waals surface area contributed by atoms with E-state index in [1.54, 1.807) is 0 Å². The van der Waals surface area contributed by atoms with Crippen LogP contribution in [0, 0.1) is 0 Å². The van der Waals surface area contributed by atoms with Gasteiger partial charge in [-0.3, -0.25) is 4.98 Å². The standard InChI is InChI=1S/C16H22N4/c1-19(11-12-20-9-2-3-10-20)15-7-6-14(17)13-5-4-8-18-16(13)15/h4-8H,2-3,9-12,17H2,1H3. The van der Waals surface area contributed by atoms with Gasteiger partial charge in [-0.05, 0) is 50.2 Å². The average molecular weight is 270 g/mol. The Morgan fingerprint density at radius 2 is 2.05 bits per heavy atom. The zero-order valence-corrected chi connectivity index (χ0v) is 12.0. The normalized spacial score (nSPS) is 15.8. The lowest BCUT2D eigenvalue weighted by Gasteiger charge is -2.24. The summed E-state index contributed by atoms with van der Waals surface area (Å²) in [6, 6.07) is 8.03. The van der Waals surface area contributed by atoms with E-state index in [0.717, 1.165) is 35.4 Å². The van der Waals surface area contributed by atoms with E-state index in [0.29, 0.717) is 0 Å². The fraction of sp³-hybridized carbons (Fsp3) is 0.438. The van der Waals surface area contributed by atoms with Gasteiger partial charge in [0.05, 0.1) is 11.2 Å². The minimum absolute atomic E-state index is 0.796. The van der Waals surface area contributed by atoms with E-state index in [1.807, 2.05) is 24.4 Å². The summed E-state index contributed by atoms with van der Waals surface area (Å²) >= 11 is 0. The predicted molar refractivity (Wildman–Crippen MR) is 85.1 cm³/mol. The van der Waals surface area contributed by atoms with Crippen molar-refractivity contribution in [2.75, 3.05) is 43.9 Å². The SMILES string of the molecule is CN(CCN1CCCC1)c1ccc(N)c2cccnc12. The lowest BCUT2D eigenvalue weighted by molar-refractivity contribution is 0.347. The second-order valence-electron chi connectivity index (χ2n) is 5.54. The second kappa shape index (κ2) is 5.67. The van der Waals surface area contributed by atoms with Gasteiger partial charge >= 0.3 is 0 Å². The van der Waals surface area contributed by atoms with Crippen molar-refractivity contribution in [3.8, 4) is 0 Å². The molecule has 1 aliphatic heterocycles. The zero-order chi connectivity index (χ0) is 13.9. The molecule has 106 valence electrons. The smallest absolute Gasteiger partial charge is 0.0955 e. The van der Waals surface area contributed by atoms with Crippen molar-refractivity contribution in [1.29, 1.82) is 0 Å². The number of likely N-dealkylation sites (N-methyl/N-ethyl adjacent to an activating group) is 1. The Kier molecular flexibility index (Phi) is 3.74. The van der Waals surface area contributed by atoms with E-state index in [1.165, 1.54) is 25.9 Å². The number of likely N-dealkylation sites (tertiary alicyclic amines) is 1. The number of hydrogen-bond donors (Lipinski definition) is 1. The van der Waals surface area contributed by atoms with Crippen LogP contribution in [0.15, 0.2) is 30.5 Å². The molecular formula is C16H22N4. The number of nitrogen functional groups attached to an aromatic ring is 1. The van der Waals surface area contributed by atoms with Crippen LogP contribution in [-0.2, 0) is 0 Å². The maximum Gasteiger partial charge on any atom is 0.0955 e. The highest BCUT2D eigenvalue weighted by Crippen LogP contribution is 2.28. The number of nitrogens with zero attached hydrogens (tertiary/aromatic N) is 3. The van der Waals surface area contributed by atoms with E-state index in [9.17, 15) is 0 Å². The molecule has 1 aromatic heterocycles. The van der Waals surface area contributed by atoms with E-state index in [-0.39, 0.29) is 0 Å². The molecule has 4 nitrogen and oxygen atoms in total. The van der Waals surface area contributed by atoms with Crippen LogP contribution in [0.5, 0.6) is 0 Å². The molecule has 1 aromatic carbocycles. The monoisotopic (exact) mass is 270 g/mol. The summed E-state index contributed by atoms with van der Waals surface area (Å²) in [5, 5.41) is 1.04. The molecule has 1 fully saturated rings. The molecular weight excluding hydrogens is 248 g/mol. The minimum Gasteiger partial charge on any atom is -0.398 e. The number of nitrogens with two attached hydrogens (primary N) is 1. The van der Waals surface area contributed by atoms with Gasteiger partial charge in [-0.1, -0.05) is 0 Å². The summed E-state index contributed by atoms with van der Waals surface area (Å²) < 4.78 is 0. The maximum absolute atomic E-state index is 6.03. The first kappa shape index (κ1) is 13.2. The van der Waals surface area contributed by atoms with Crippen molar-refractivity contribution < 1.29 is 0 Å². The van der Waals surface area contributed by atoms with E-state index < -0.39 is 0 Å². The Morgan fingerprint density at radius 1 is 1.25 bits per heavy atom. The Labute approximate surface area is 120 Å². The zero-order valence-electron chi connectivity index (χ0n) is 12.0. The van der Waals surface area contributed by atoms with Crippen LogP contribution in [0.25, 0.3) is 10.9 Å². The lowest BCUT2D eigenvalue weighted by Crippen LogP contribution is -2.31. The van der Waals surface area contributed by atoms with Gasteiger partial charge in [0.1, 0.15) is 0 Å². The van der Waals surface area contributed by atoms with Crippen molar-refractivity contribution >= 4 is 22.3 Å². The molecule has 1 aliphatic rings. The molecule has 20 heavy (non-hydrogen) atoms. The van der Waals surface area contributed by atoms with Crippen LogP contribution < -0.4 is 10.6 Å². The second-order valence-corrected chi connectivity index (χ2v) is 5.54. The first-order valence-electron chi connectivity index (χ1n) is 7.32. The third-order valence-corrected chi connectivity index (χ3v) is 4.14. The van der Waals surface area contributed by atoms with Crippen LogP contribution in [0.3, 0.4) is 0 Å². The number of aromatic nitrogens is 1. The van der Waals surface area contributed by atoms with Crippen molar-refractivity contribution in [1.82, 2.24) is 9.88 Å². The number of pyridine rings is 1. The fourth-order valence-electron chi connectivity index (χ4n) is 2.91. The van der Waals surface area contributed by atoms with Gasteiger partial charge in [-0.15, -0.1) is 0 Å². The summed E-state index contributed by atoms with van der Waals surface area (Å²) in [6.07, 6.45) is 4.52. The number of benzene rings is 1. The van der Waals surface area contributed by atoms with Crippen LogP contribution in [-0.4, -0.2) is 43.1 Å². The molecule has 1 saturated heterocycles. The first-order valence-corrected chi connectivity index (χ1v) is 7.32. The third-order valence-electron chi connectivity index (χ3n) is 4.14. The largest absolute Gasteiger partial charge is 0.398 e. The van der Waals surface area contributed by atoms with E-state index >= 15 is 0 Å². The quantitative estimate of drug-likeness (QED) is 0.866. The average Bonchev–Trinajstić information content (AvgIpc) is 2.99. The number of hydrogen-bond acceptors (Lipinski definition) is 4. The number of rotatable bonds is 4. The molecule has 0 spiro atoms. The van der Waals surface area contributed by atoms with Crippen molar-refractivity contribution in [3.05, 3.63) is 30.5 Å². The Balaban J connectivity index is 1.80. The molecule has 4 heteroatoms. The molecule has 0 atom stereocenters. The minimum atomic E-state index is 0.796. The topological polar surface area (TPSA) is 45.4 Å². The molecule has 0 amide bonds. The van der Waals surface area contributed by atoms with E-state index in [2.05, 4.69) is 27.9 Å². The Bertz CT molecular complexity index is 590. The molecule has 0 radical (unpaired) electrons. The summed E-state index contributed by atoms with van der Waals surface area (Å²) in [6.45, 7) is 4.63. The highest BCUT2D eigenvalue weighted by atomic mass is 15.2. The van der Waals surface area contributed by atoms with Crippen molar-refractivity contribution in [2.24, 2.45) is 0 Å². The Hall–Kier alpha value is -1.81. The molecule has 0 aliphatic carbocycles. The molecule has 0 bridgehead atoms. The Morgan fingerprint density at radius 3 is 2.85 bits per heavy atom. The lowest BCUT2D eigenvalue weighted by atomic mass is 10.1. The van der Waals surface area contributed by atoms with Gasteiger partial charge in [0.2, 0.25) is 0 Å². The highest BCUT2D eigenvalue weighted by Gasteiger charge is 2.13. The van der Waals surface area contributed by atoms with Gasteiger partial charge in [-0.25, -0.2) is 0 Å². The van der Waals surface area contributed by atoms with Crippen molar-refractivity contribution in [3.63, 3.8) is 0 Å². The molecule has 0 saturated carbocycles. The van der Waals surface area contributed by atoms with Gasteiger partial charge in [0.25, 0.3) is 0 Å². The van der Waals surface area contributed by atoms with Crippen LogP contribution in [0.1, 0.15) is 12.8 Å². The molecule has 2 heterocycles. The molecule has 0 unspecified atom stereocenters. The van der Waals surface area contributed by atoms with E-state index in [4.69, 9.17) is 5.73 Å². The van der Waals surface area contributed by atoms with Crippen LogP contribution in [0.2, 0.25) is 0 Å². The van der Waals surface area contributed by atoms with Gasteiger partial charge in [-0.2, -0.15) is 0 Å². The van der Waals surface area contributed by atoms with Gasteiger partial charge in [0.15, 0.2) is 0 Å². The van der Waals surface area contributed by atoms with Crippen LogP contribution in [0.4, 0.5) is 11.4 Å². The summed E-state index contributed by atoms with van der Waals surface area (Å²) in [5.41, 5.74) is 8.99. The molecule has 2 aromatic rings. The third kappa shape index (κ3) is 2.56. The number of fused-ring (bicyclic) bond motifs is 1. The molecule has 3 rings (SSSR count). The predicted octanol–water partition coefficient (Wildman–Crippen LogP) is 2.35. The molecule has 2 N–H and O–H groups in total. The number of anilines is 2. The van der Waals surface area contributed by atoms with Gasteiger partial charge < -0.3 is 15.5 Å². The summed E-state index contributed by atoms with van der Waals surface area (Å²) in [5.74, 6) is 0. The highest BCUT2D eigenvalue weighted by molar-refractivity contribution is 5.98.